The normalized spacial score (nSPS) is 11.8. The molecule has 26 heavy (non-hydrogen) atoms. The van der Waals surface area contributed by atoms with Crippen LogP contribution in [0, 0.1) is 12.7 Å². The number of ether oxygens (including phenoxy) is 1. The standard InChI is InChI=1S/C21H21FN2O2/c1-15-8-9-17(13-19(15)22)23-21(25)14-20(24-10-3-4-11-24)16-6-5-7-18(12-16)26-2/h3-13,20H,14H2,1-2H3,(H,23,25). The molecule has 3 aromatic rings. The average Bonchev–Trinajstić information content (AvgIpc) is 3.17. The van der Waals surface area contributed by atoms with Crippen molar-refractivity contribution in [2.24, 2.45) is 0 Å². The van der Waals surface area contributed by atoms with E-state index >= 15 is 0 Å². The van der Waals surface area contributed by atoms with Gasteiger partial charge in [-0.05, 0) is 54.4 Å². The Bertz CT molecular complexity index is 891. The summed E-state index contributed by atoms with van der Waals surface area (Å²) in [5.41, 5.74) is 1.96. The molecule has 0 aliphatic rings. The summed E-state index contributed by atoms with van der Waals surface area (Å²) in [6.07, 6.45) is 4.06. The number of anilines is 1. The first-order valence-electron chi connectivity index (χ1n) is 8.39. The number of methoxy groups -OCH3 is 1. The van der Waals surface area contributed by atoms with Gasteiger partial charge < -0.3 is 14.6 Å². The van der Waals surface area contributed by atoms with Crippen LogP contribution in [0.3, 0.4) is 0 Å². The molecule has 0 radical (unpaired) electrons. The number of carbonyl (C=O) groups is 1. The molecule has 0 aliphatic carbocycles. The van der Waals surface area contributed by atoms with Crippen LogP contribution < -0.4 is 10.1 Å². The first kappa shape index (κ1) is 17.7. The lowest BCUT2D eigenvalue weighted by molar-refractivity contribution is -0.116. The third-order valence-electron chi connectivity index (χ3n) is 4.30. The maximum Gasteiger partial charge on any atom is 0.226 e. The van der Waals surface area contributed by atoms with Crippen LogP contribution >= 0.6 is 0 Å². The molecule has 2 aromatic carbocycles. The number of aromatic nitrogens is 1. The van der Waals surface area contributed by atoms with Gasteiger partial charge in [0.1, 0.15) is 11.6 Å². The molecule has 0 fully saturated rings. The smallest absolute Gasteiger partial charge is 0.226 e. The number of carbonyl (C=O) groups excluding carboxylic acids is 1. The van der Waals surface area contributed by atoms with Gasteiger partial charge in [-0.15, -0.1) is 0 Å². The molecule has 0 aliphatic heterocycles. The van der Waals surface area contributed by atoms with Gasteiger partial charge >= 0.3 is 0 Å². The van der Waals surface area contributed by atoms with Crippen LogP contribution in [-0.4, -0.2) is 17.6 Å². The van der Waals surface area contributed by atoms with Gasteiger partial charge in [-0.3, -0.25) is 4.79 Å². The zero-order valence-electron chi connectivity index (χ0n) is 14.8. The van der Waals surface area contributed by atoms with Crippen molar-refractivity contribution in [3.05, 3.63) is 83.9 Å². The Hall–Kier alpha value is -3.08. The largest absolute Gasteiger partial charge is 0.497 e. The molecule has 1 unspecified atom stereocenters. The first-order valence-corrected chi connectivity index (χ1v) is 8.39. The van der Waals surface area contributed by atoms with Crippen molar-refractivity contribution in [3.63, 3.8) is 0 Å². The Labute approximate surface area is 152 Å². The van der Waals surface area contributed by atoms with Gasteiger partial charge in [-0.1, -0.05) is 18.2 Å². The number of benzene rings is 2. The Balaban J connectivity index is 1.81. The third kappa shape index (κ3) is 4.11. The number of rotatable bonds is 6. The van der Waals surface area contributed by atoms with Crippen LogP contribution in [0.15, 0.2) is 67.0 Å². The van der Waals surface area contributed by atoms with Gasteiger partial charge in [0, 0.05) is 18.1 Å². The summed E-state index contributed by atoms with van der Waals surface area (Å²) in [6, 6.07) is 16.0. The van der Waals surface area contributed by atoms with Crippen LogP contribution in [-0.2, 0) is 4.79 Å². The van der Waals surface area contributed by atoms with Crippen LogP contribution in [0.2, 0.25) is 0 Å². The lowest BCUT2D eigenvalue weighted by atomic mass is 10.0. The van der Waals surface area contributed by atoms with Crippen LogP contribution in [0.5, 0.6) is 5.75 Å². The monoisotopic (exact) mass is 352 g/mol. The Morgan fingerprint density at radius 2 is 1.92 bits per heavy atom. The van der Waals surface area contributed by atoms with Gasteiger partial charge in [0.05, 0.1) is 19.6 Å². The second-order valence-electron chi connectivity index (χ2n) is 6.14. The van der Waals surface area contributed by atoms with E-state index in [1.165, 1.54) is 6.07 Å². The van der Waals surface area contributed by atoms with Crippen LogP contribution in [0.25, 0.3) is 0 Å². The summed E-state index contributed by atoms with van der Waals surface area (Å²) in [4.78, 5) is 12.6. The second-order valence-corrected chi connectivity index (χ2v) is 6.14. The quantitative estimate of drug-likeness (QED) is 0.707. The van der Waals surface area contributed by atoms with Gasteiger partial charge in [0.25, 0.3) is 0 Å². The summed E-state index contributed by atoms with van der Waals surface area (Å²) in [6.45, 7) is 1.69. The van der Waals surface area contributed by atoms with E-state index in [0.29, 0.717) is 11.3 Å². The predicted octanol–water partition coefficient (Wildman–Crippen LogP) is 4.56. The van der Waals surface area contributed by atoms with Gasteiger partial charge in [0.15, 0.2) is 0 Å². The number of hydrogen-bond donors (Lipinski definition) is 1. The van der Waals surface area contributed by atoms with E-state index in [0.717, 1.165) is 11.3 Å². The summed E-state index contributed by atoms with van der Waals surface area (Å²) < 4.78 is 21.0. The summed E-state index contributed by atoms with van der Waals surface area (Å²) >= 11 is 0. The van der Waals surface area contributed by atoms with Gasteiger partial charge in [0.2, 0.25) is 5.91 Å². The zero-order valence-corrected chi connectivity index (χ0v) is 14.8. The highest BCUT2D eigenvalue weighted by atomic mass is 19.1. The minimum atomic E-state index is -0.336. The van der Waals surface area contributed by atoms with Crippen molar-refractivity contribution in [1.29, 1.82) is 0 Å². The summed E-state index contributed by atoms with van der Waals surface area (Å²) in [5.74, 6) is 0.216. The van der Waals surface area contributed by atoms with E-state index in [1.807, 2.05) is 53.4 Å². The highest BCUT2D eigenvalue weighted by Gasteiger charge is 2.18. The molecule has 1 aromatic heterocycles. The fraction of sp³-hybridized carbons (Fsp3) is 0.190. The van der Waals surface area contributed by atoms with Crippen molar-refractivity contribution < 1.29 is 13.9 Å². The maximum absolute atomic E-state index is 13.7. The maximum atomic E-state index is 13.7. The van der Waals surface area contributed by atoms with Crippen molar-refractivity contribution in [1.82, 2.24) is 4.57 Å². The third-order valence-corrected chi connectivity index (χ3v) is 4.30. The van der Waals surface area contributed by atoms with Crippen molar-refractivity contribution in [2.45, 2.75) is 19.4 Å². The number of nitrogens with zero attached hydrogens (tertiary/aromatic N) is 1. The molecular weight excluding hydrogens is 331 g/mol. The minimum Gasteiger partial charge on any atom is -0.497 e. The SMILES string of the molecule is COc1cccc(C(CC(=O)Nc2ccc(C)c(F)c2)n2cccc2)c1. The van der Waals surface area contributed by atoms with Crippen molar-refractivity contribution in [2.75, 3.05) is 12.4 Å². The molecule has 0 bridgehead atoms. The molecule has 5 heteroatoms. The van der Waals surface area contributed by atoms with Crippen LogP contribution in [0.1, 0.15) is 23.6 Å². The molecule has 0 saturated heterocycles. The van der Waals surface area contributed by atoms with Gasteiger partial charge in [-0.2, -0.15) is 0 Å². The number of halogens is 1. The molecule has 1 N–H and O–H groups in total. The fourth-order valence-electron chi connectivity index (χ4n) is 2.86. The molecule has 1 heterocycles. The first-order chi connectivity index (χ1) is 12.6. The molecule has 0 spiro atoms. The van der Waals surface area contributed by atoms with E-state index in [2.05, 4.69) is 5.32 Å². The Kier molecular flexibility index (Phi) is 5.37. The lowest BCUT2D eigenvalue weighted by Gasteiger charge is -2.20. The molecule has 1 amide bonds. The fourth-order valence-corrected chi connectivity index (χ4v) is 2.86. The molecule has 134 valence electrons. The van der Waals surface area contributed by atoms with E-state index in [-0.39, 0.29) is 24.2 Å². The number of nitrogens with one attached hydrogen (secondary N) is 1. The Morgan fingerprint density at radius 1 is 1.15 bits per heavy atom. The highest BCUT2D eigenvalue weighted by Crippen LogP contribution is 2.26. The molecule has 0 saturated carbocycles. The summed E-state index contributed by atoms with van der Waals surface area (Å²) in [5, 5.41) is 2.78. The lowest BCUT2D eigenvalue weighted by Crippen LogP contribution is -2.19. The van der Waals surface area contributed by atoms with E-state index in [1.54, 1.807) is 26.2 Å². The Morgan fingerprint density at radius 3 is 2.62 bits per heavy atom. The zero-order chi connectivity index (χ0) is 18.5. The summed E-state index contributed by atoms with van der Waals surface area (Å²) in [7, 11) is 1.61. The van der Waals surface area contributed by atoms with E-state index in [9.17, 15) is 9.18 Å². The average molecular weight is 352 g/mol. The molecular formula is C21H21FN2O2. The van der Waals surface area contributed by atoms with Crippen molar-refractivity contribution in [3.8, 4) is 5.75 Å². The number of amides is 1. The number of aryl methyl sites for hydroxylation is 1. The molecule has 4 nitrogen and oxygen atoms in total. The number of hydrogen-bond acceptors (Lipinski definition) is 2. The van der Waals surface area contributed by atoms with E-state index < -0.39 is 0 Å². The highest BCUT2D eigenvalue weighted by molar-refractivity contribution is 5.91. The van der Waals surface area contributed by atoms with Crippen LogP contribution in [0.4, 0.5) is 10.1 Å². The second kappa shape index (κ2) is 7.87. The predicted molar refractivity (Wildman–Crippen MR) is 99.9 cm³/mol. The minimum absolute atomic E-state index is 0.185. The van der Waals surface area contributed by atoms with E-state index in [4.69, 9.17) is 4.74 Å². The van der Waals surface area contributed by atoms with Gasteiger partial charge in [-0.25, -0.2) is 4.39 Å². The topological polar surface area (TPSA) is 43.3 Å². The molecule has 1 atom stereocenters. The van der Waals surface area contributed by atoms with Crippen molar-refractivity contribution >= 4 is 11.6 Å². The molecule has 3 rings (SSSR count).